The maximum absolute atomic E-state index is 13.0. The minimum Gasteiger partial charge on any atom is -0.449 e. The molecule has 1 unspecified atom stereocenters. The first kappa shape index (κ1) is 20.5. The van der Waals surface area contributed by atoms with Gasteiger partial charge in [-0.05, 0) is 38.0 Å². The highest BCUT2D eigenvalue weighted by Crippen LogP contribution is 2.28. The van der Waals surface area contributed by atoms with Gasteiger partial charge in [0.25, 0.3) is 5.91 Å². The quantitative estimate of drug-likeness (QED) is 0.461. The van der Waals surface area contributed by atoms with Crippen molar-refractivity contribution in [2.75, 3.05) is 11.4 Å². The van der Waals surface area contributed by atoms with Crippen molar-refractivity contribution < 1.29 is 19.1 Å². The molecule has 1 atom stereocenters. The molecule has 0 radical (unpaired) electrons. The van der Waals surface area contributed by atoms with Gasteiger partial charge in [-0.1, -0.05) is 66.2 Å². The zero-order chi connectivity index (χ0) is 22.0. The number of fused-ring (bicyclic) bond motifs is 1. The molecule has 31 heavy (non-hydrogen) atoms. The van der Waals surface area contributed by atoms with Crippen molar-refractivity contribution in [2.45, 2.75) is 26.4 Å². The summed E-state index contributed by atoms with van der Waals surface area (Å²) >= 11 is 0. The van der Waals surface area contributed by atoms with E-state index in [1.807, 2.05) is 43.3 Å². The van der Waals surface area contributed by atoms with Crippen LogP contribution < -0.4 is 4.90 Å². The fourth-order valence-corrected chi connectivity index (χ4v) is 3.78. The first-order chi connectivity index (χ1) is 15.0. The Labute approximate surface area is 181 Å². The number of aryl methyl sites for hydroxylation is 1. The maximum atomic E-state index is 13.0. The molecule has 1 heterocycles. The van der Waals surface area contributed by atoms with E-state index in [4.69, 9.17) is 4.74 Å². The minimum absolute atomic E-state index is 0.148. The zero-order valence-corrected chi connectivity index (χ0v) is 17.5. The lowest BCUT2D eigenvalue weighted by Gasteiger charge is -2.22. The lowest BCUT2D eigenvalue weighted by molar-refractivity contribution is -0.126. The number of hydrogen-bond donors (Lipinski definition) is 0. The Kier molecular flexibility index (Phi) is 5.67. The van der Waals surface area contributed by atoms with Crippen LogP contribution in [0.25, 0.3) is 0 Å². The minimum atomic E-state index is -0.971. The fraction of sp³-hybridized carbons (Fsp3) is 0.192. The number of para-hydroxylation sites is 1. The molecule has 0 bridgehead atoms. The number of carbonyl (C=O) groups excluding carboxylic acids is 3. The molecule has 0 aliphatic carbocycles. The van der Waals surface area contributed by atoms with Crippen LogP contribution in [0.3, 0.4) is 0 Å². The van der Waals surface area contributed by atoms with Crippen LogP contribution in [0.5, 0.6) is 0 Å². The Morgan fingerprint density at radius 2 is 1.52 bits per heavy atom. The maximum Gasteiger partial charge on any atom is 0.339 e. The second-order valence-electron chi connectivity index (χ2n) is 7.66. The molecule has 4 rings (SSSR count). The molecule has 3 aromatic rings. The van der Waals surface area contributed by atoms with Crippen molar-refractivity contribution in [3.05, 3.63) is 101 Å². The highest BCUT2D eigenvalue weighted by molar-refractivity contribution is 6.14. The van der Waals surface area contributed by atoms with Gasteiger partial charge in [0.05, 0.1) is 5.56 Å². The van der Waals surface area contributed by atoms with Gasteiger partial charge in [-0.3, -0.25) is 9.59 Å². The highest BCUT2D eigenvalue weighted by atomic mass is 16.5. The standard InChI is InChI=1S/C26H23NO4/c1-17-11-13-20(14-12-17)24(28)21-8-4-5-9-22(21)26(30)31-18(2)25(29)27-16-15-19-7-3-6-10-23(19)27/h3-14,18H,15-16H2,1-2H3. The molecule has 0 aromatic heterocycles. The Morgan fingerprint density at radius 1 is 0.871 bits per heavy atom. The van der Waals surface area contributed by atoms with Crippen LogP contribution >= 0.6 is 0 Å². The van der Waals surface area contributed by atoms with Crippen LogP contribution in [-0.4, -0.2) is 30.3 Å². The molecule has 0 saturated heterocycles. The van der Waals surface area contributed by atoms with E-state index in [0.29, 0.717) is 12.1 Å². The summed E-state index contributed by atoms with van der Waals surface area (Å²) in [6, 6.07) is 21.4. The second-order valence-corrected chi connectivity index (χ2v) is 7.66. The summed E-state index contributed by atoms with van der Waals surface area (Å²) in [5, 5.41) is 0. The predicted octanol–water partition coefficient (Wildman–Crippen LogP) is 4.36. The monoisotopic (exact) mass is 413 g/mol. The van der Waals surface area contributed by atoms with Gasteiger partial charge in [0.2, 0.25) is 0 Å². The molecule has 5 heteroatoms. The van der Waals surface area contributed by atoms with Crippen molar-refractivity contribution in [1.29, 1.82) is 0 Å². The topological polar surface area (TPSA) is 63.7 Å². The van der Waals surface area contributed by atoms with Gasteiger partial charge in [0, 0.05) is 23.4 Å². The first-order valence-electron chi connectivity index (χ1n) is 10.3. The van der Waals surface area contributed by atoms with Crippen LogP contribution in [-0.2, 0) is 16.0 Å². The third kappa shape index (κ3) is 4.12. The second kappa shape index (κ2) is 8.56. The average Bonchev–Trinajstić information content (AvgIpc) is 3.22. The molecular formula is C26H23NO4. The van der Waals surface area contributed by atoms with Crippen molar-refractivity contribution >= 4 is 23.3 Å². The molecule has 156 valence electrons. The summed E-state index contributed by atoms with van der Waals surface area (Å²) < 4.78 is 5.49. The average molecular weight is 413 g/mol. The Hall–Kier alpha value is -3.73. The van der Waals surface area contributed by atoms with E-state index in [2.05, 4.69) is 0 Å². The van der Waals surface area contributed by atoms with E-state index in [1.165, 1.54) is 0 Å². The van der Waals surface area contributed by atoms with Crippen molar-refractivity contribution in [3.8, 4) is 0 Å². The molecule has 5 nitrogen and oxygen atoms in total. The molecule has 0 fully saturated rings. The normalized spacial score (nSPS) is 13.4. The number of amides is 1. The van der Waals surface area contributed by atoms with E-state index in [-0.39, 0.29) is 22.8 Å². The van der Waals surface area contributed by atoms with E-state index >= 15 is 0 Å². The third-order valence-corrected chi connectivity index (χ3v) is 5.49. The molecule has 1 aliphatic rings. The van der Waals surface area contributed by atoms with Crippen LogP contribution in [0, 0.1) is 6.92 Å². The van der Waals surface area contributed by atoms with E-state index in [9.17, 15) is 14.4 Å². The van der Waals surface area contributed by atoms with Crippen molar-refractivity contribution in [1.82, 2.24) is 0 Å². The van der Waals surface area contributed by atoms with Gasteiger partial charge in [-0.25, -0.2) is 4.79 Å². The van der Waals surface area contributed by atoms with Gasteiger partial charge in [0.15, 0.2) is 11.9 Å². The van der Waals surface area contributed by atoms with Gasteiger partial charge in [0.1, 0.15) is 0 Å². The highest BCUT2D eigenvalue weighted by Gasteiger charge is 2.30. The lowest BCUT2D eigenvalue weighted by atomic mass is 9.98. The summed E-state index contributed by atoms with van der Waals surface area (Å²) in [7, 11) is 0. The first-order valence-corrected chi connectivity index (χ1v) is 10.3. The summed E-state index contributed by atoms with van der Waals surface area (Å²) in [6.07, 6.45) is -0.197. The fourth-order valence-electron chi connectivity index (χ4n) is 3.78. The summed E-state index contributed by atoms with van der Waals surface area (Å²) in [4.78, 5) is 40.4. The molecule has 3 aromatic carbocycles. The van der Waals surface area contributed by atoms with Crippen LogP contribution in [0.1, 0.15) is 44.3 Å². The smallest absolute Gasteiger partial charge is 0.339 e. The number of carbonyl (C=O) groups is 3. The molecule has 1 aliphatic heterocycles. The largest absolute Gasteiger partial charge is 0.449 e. The van der Waals surface area contributed by atoms with Crippen LogP contribution in [0.15, 0.2) is 72.8 Å². The number of ketones is 1. The van der Waals surface area contributed by atoms with E-state index in [1.54, 1.807) is 48.2 Å². The lowest BCUT2D eigenvalue weighted by Crippen LogP contribution is -2.39. The molecule has 0 spiro atoms. The number of esters is 1. The SMILES string of the molecule is Cc1ccc(C(=O)c2ccccc2C(=O)OC(C)C(=O)N2CCc3ccccc32)cc1. The molecular weight excluding hydrogens is 390 g/mol. The predicted molar refractivity (Wildman–Crippen MR) is 118 cm³/mol. The summed E-state index contributed by atoms with van der Waals surface area (Å²) in [5.74, 6) is -1.23. The molecule has 0 saturated carbocycles. The number of rotatable bonds is 5. The van der Waals surface area contributed by atoms with Crippen LogP contribution in [0.4, 0.5) is 5.69 Å². The number of benzene rings is 3. The molecule has 0 N–H and O–H groups in total. The van der Waals surface area contributed by atoms with Gasteiger partial charge >= 0.3 is 5.97 Å². The number of anilines is 1. The van der Waals surface area contributed by atoms with E-state index < -0.39 is 12.1 Å². The number of nitrogens with zero attached hydrogens (tertiary/aromatic N) is 1. The Morgan fingerprint density at radius 3 is 2.26 bits per heavy atom. The van der Waals surface area contributed by atoms with Gasteiger partial charge in [-0.2, -0.15) is 0 Å². The van der Waals surface area contributed by atoms with E-state index in [0.717, 1.165) is 23.2 Å². The number of ether oxygens (including phenoxy) is 1. The van der Waals surface area contributed by atoms with Crippen LogP contribution in [0.2, 0.25) is 0 Å². The third-order valence-electron chi connectivity index (χ3n) is 5.49. The van der Waals surface area contributed by atoms with Gasteiger partial charge < -0.3 is 9.64 Å². The summed E-state index contributed by atoms with van der Waals surface area (Å²) in [6.45, 7) is 4.06. The summed E-state index contributed by atoms with van der Waals surface area (Å²) in [5.41, 5.74) is 3.88. The Bertz CT molecular complexity index is 1150. The molecule has 1 amide bonds. The van der Waals surface area contributed by atoms with Crippen molar-refractivity contribution in [2.24, 2.45) is 0 Å². The number of hydrogen-bond acceptors (Lipinski definition) is 4. The van der Waals surface area contributed by atoms with Crippen molar-refractivity contribution in [3.63, 3.8) is 0 Å². The van der Waals surface area contributed by atoms with Gasteiger partial charge in [-0.15, -0.1) is 0 Å². The zero-order valence-electron chi connectivity index (χ0n) is 17.5. The Balaban J connectivity index is 1.52.